The van der Waals surface area contributed by atoms with Crippen LogP contribution in [0.2, 0.25) is 5.02 Å². The summed E-state index contributed by atoms with van der Waals surface area (Å²) in [5, 5.41) is 9.96. The fraction of sp³-hybridized carbons (Fsp3) is 0.235. The van der Waals surface area contributed by atoms with Gasteiger partial charge in [0.05, 0.1) is 12.5 Å². The molecule has 21 heavy (non-hydrogen) atoms. The molecule has 0 saturated carbocycles. The van der Waals surface area contributed by atoms with Crippen LogP contribution in [0.1, 0.15) is 12.0 Å². The van der Waals surface area contributed by atoms with Crippen LogP contribution >= 0.6 is 11.6 Å². The second-order valence-electron chi connectivity index (χ2n) is 4.82. The van der Waals surface area contributed by atoms with Gasteiger partial charge in [-0.25, -0.2) is 0 Å². The summed E-state index contributed by atoms with van der Waals surface area (Å²) >= 11 is 5.83. The van der Waals surface area contributed by atoms with Crippen molar-refractivity contribution < 1.29 is 14.6 Å². The maximum absolute atomic E-state index is 11.3. The number of halogens is 1. The Morgan fingerprint density at radius 3 is 2.38 bits per heavy atom. The SMILES string of the molecule is O=C(O)C(CCOc1ccccc1)Cc1ccc(Cl)cc1. The molecule has 3 nitrogen and oxygen atoms in total. The third-order valence-corrected chi connectivity index (χ3v) is 3.47. The molecule has 0 aliphatic rings. The average Bonchev–Trinajstić information content (AvgIpc) is 2.49. The molecule has 0 bridgehead atoms. The van der Waals surface area contributed by atoms with E-state index in [-0.39, 0.29) is 0 Å². The lowest BCUT2D eigenvalue weighted by Gasteiger charge is -2.13. The van der Waals surface area contributed by atoms with E-state index in [0.29, 0.717) is 24.5 Å². The molecule has 4 heteroatoms. The number of carbonyl (C=O) groups is 1. The summed E-state index contributed by atoms with van der Waals surface area (Å²) in [6, 6.07) is 16.7. The Balaban J connectivity index is 1.87. The zero-order valence-corrected chi connectivity index (χ0v) is 12.3. The third kappa shape index (κ3) is 5.12. The van der Waals surface area contributed by atoms with E-state index in [2.05, 4.69) is 0 Å². The van der Waals surface area contributed by atoms with Gasteiger partial charge in [-0.2, -0.15) is 0 Å². The first-order valence-electron chi connectivity index (χ1n) is 6.80. The van der Waals surface area contributed by atoms with Gasteiger partial charge in [-0.3, -0.25) is 4.79 Å². The topological polar surface area (TPSA) is 46.5 Å². The summed E-state index contributed by atoms with van der Waals surface area (Å²) in [6.45, 7) is 0.384. The molecular formula is C17H17ClO3. The van der Waals surface area contributed by atoms with Crippen molar-refractivity contribution >= 4 is 17.6 Å². The van der Waals surface area contributed by atoms with Gasteiger partial charge in [0, 0.05) is 5.02 Å². The van der Waals surface area contributed by atoms with Gasteiger partial charge in [-0.1, -0.05) is 41.9 Å². The summed E-state index contributed by atoms with van der Waals surface area (Å²) in [6.07, 6.45) is 0.942. The summed E-state index contributed by atoms with van der Waals surface area (Å²) < 4.78 is 5.56. The summed E-state index contributed by atoms with van der Waals surface area (Å²) in [5.74, 6) is -0.510. The summed E-state index contributed by atoms with van der Waals surface area (Å²) in [5.41, 5.74) is 0.964. The van der Waals surface area contributed by atoms with Crippen LogP contribution < -0.4 is 4.74 Å². The fourth-order valence-electron chi connectivity index (χ4n) is 2.05. The molecule has 0 spiro atoms. The van der Waals surface area contributed by atoms with Crippen LogP contribution in [0, 0.1) is 5.92 Å². The normalized spacial score (nSPS) is 11.9. The minimum atomic E-state index is -0.804. The van der Waals surface area contributed by atoms with E-state index in [9.17, 15) is 9.90 Å². The first kappa shape index (κ1) is 15.4. The van der Waals surface area contributed by atoms with Gasteiger partial charge in [0.25, 0.3) is 0 Å². The molecule has 1 atom stereocenters. The van der Waals surface area contributed by atoms with Crippen molar-refractivity contribution in [3.05, 3.63) is 65.2 Å². The number of para-hydroxylation sites is 1. The van der Waals surface area contributed by atoms with E-state index in [1.54, 1.807) is 12.1 Å². The molecule has 0 saturated heterocycles. The summed E-state index contributed by atoms with van der Waals surface area (Å²) in [7, 11) is 0. The van der Waals surface area contributed by atoms with Crippen molar-refractivity contribution in [2.24, 2.45) is 5.92 Å². The Hall–Kier alpha value is -2.00. The number of carboxylic acid groups (broad SMARTS) is 1. The first-order chi connectivity index (χ1) is 10.1. The molecule has 0 aromatic heterocycles. The van der Waals surface area contributed by atoms with Crippen molar-refractivity contribution in [3.8, 4) is 5.75 Å². The second kappa shape index (κ2) is 7.70. The molecule has 2 aromatic rings. The predicted octanol–water partition coefficient (Wildman–Crippen LogP) is 4.05. The molecule has 0 radical (unpaired) electrons. The van der Waals surface area contributed by atoms with Gasteiger partial charge < -0.3 is 9.84 Å². The van der Waals surface area contributed by atoms with Crippen molar-refractivity contribution in [2.75, 3.05) is 6.61 Å². The molecule has 0 aliphatic heterocycles. The minimum Gasteiger partial charge on any atom is -0.494 e. The molecule has 0 aliphatic carbocycles. The Morgan fingerprint density at radius 2 is 1.76 bits per heavy atom. The van der Waals surface area contributed by atoms with E-state index in [1.165, 1.54) is 0 Å². The number of hydrogen-bond donors (Lipinski definition) is 1. The molecule has 0 amide bonds. The maximum atomic E-state index is 11.3. The number of benzene rings is 2. The van der Waals surface area contributed by atoms with Crippen LogP contribution in [-0.2, 0) is 11.2 Å². The van der Waals surface area contributed by atoms with Crippen molar-refractivity contribution in [3.63, 3.8) is 0 Å². The highest BCUT2D eigenvalue weighted by Gasteiger charge is 2.18. The van der Waals surface area contributed by atoms with E-state index in [0.717, 1.165) is 11.3 Å². The predicted molar refractivity (Wildman–Crippen MR) is 82.8 cm³/mol. The van der Waals surface area contributed by atoms with Crippen molar-refractivity contribution in [1.29, 1.82) is 0 Å². The van der Waals surface area contributed by atoms with E-state index in [4.69, 9.17) is 16.3 Å². The Bertz CT molecular complexity index is 566. The number of ether oxygens (including phenoxy) is 1. The van der Waals surface area contributed by atoms with Crippen molar-refractivity contribution in [1.82, 2.24) is 0 Å². The lowest BCUT2D eigenvalue weighted by atomic mass is 9.97. The van der Waals surface area contributed by atoms with E-state index >= 15 is 0 Å². The quantitative estimate of drug-likeness (QED) is 0.839. The van der Waals surface area contributed by atoms with Gasteiger partial charge in [0.1, 0.15) is 5.75 Å². The largest absolute Gasteiger partial charge is 0.494 e. The molecular weight excluding hydrogens is 288 g/mol. The second-order valence-corrected chi connectivity index (χ2v) is 5.25. The lowest BCUT2D eigenvalue weighted by Crippen LogP contribution is -2.19. The van der Waals surface area contributed by atoms with Crippen LogP contribution in [-0.4, -0.2) is 17.7 Å². The molecule has 0 heterocycles. The highest BCUT2D eigenvalue weighted by Crippen LogP contribution is 2.17. The molecule has 110 valence electrons. The van der Waals surface area contributed by atoms with Crippen LogP contribution in [0.15, 0.2) is 54.6 Å². The number of hydrogen-bond acceptors (Lipinski definition) is 2. The standard InChI is InChI=1S/C17H17ClO3/c18-15-8-6-13(7-9-15)12-14(17(19)20)10-11-21-16-4-2-1-3-5-16/h1-9,14H,10-12H2,(H,19,20). The number of rotatable bonds is 7. The van der Waals surface area contributed by atoms with Crippen LogP contribution in [0.4, 0.5) is 0 Å². The van der Waals surface area contributed by atoms with Crippen LogP contribution in [0.5, 0.6) is 5.75 Å². The van der Waals surface area contributed by atoms with Crippen molar-refractivity contribution in [2.45, 2.75) is 12.8 Å². The van der Waals surface area contributed by atoms with E-state index in [1.807, 2.05) is 42.5 Å². The summed E-state index contributed by atoms with van der Waals surface area (Å²) in [4.78, 5) is 11.3. The van der Waals surface area contributed by atoms with E-state index < -0.39 is 11.9 Å². The first-order valence-corrected chi connectivity index (χ1v) is 7.18. The Morgan fingerprint density at radius 1 is 1.10 bits per heavy atom. The van der Waals surface area contributed by atoms with Gasteiger partial charge in [0.15, 0.2) is 0 Å². The smallest absolute Gasteiger partial charge is 0.306 e. The molecule has 0 fully saturated rings. The zero-order chi connectivity index (χ0) is 15.1. The number of carboxylic acids is 1. The van der Waals surface area contributed by atoms with Crippen LogP contribution in [0.3, 0.4) is 0 Å². The average molecular weight is 305 g/mol. The molecule has 1 N–H and O–H groups in total. The van der Waals surface area contributed by atoms with Crippen LogP contribution in [0.25, 0.3) is 0 Å². The lowest BCUT2D eigenvalue weighted by molar-refractivity contribution is -0.142. The Kier molecular flexibility index (Phi) is 5.64. The zero-order valence-electron chi connectivity index (χ0n) is 11.5. The highest BCUT2D eigenvalue weighted by molar-refractivity contribution is 6.30. The molecule has 2 aromatic carbocycles. The van der Waals surface area contributed by atoms with Gasteiger partial charge >= 0.3 is 5.97 Å². The highest BCUT2D eigenvalue weighted by atomic mass is 35.5. The van der Waals surface area contributed by atoms with Gasteiger partial charge in [-0.05, 0) is 42.7 Å². The number of aliphatic carboxylic acids is 1. The molecule has 1 unspecified atom stereocenters. The monoisotopic (exact) mass is 304 g/mol. The van der Waals surface area contributed by atoms with Gasteiger partial charge in [-0.15, -0.1) is 0 Å². The minimum absolute atomic E-state index is 0.384. The maximum Gasteiger partial charge on any atom is 0.306 e. The molecule has 2 rings (SSSR count). The Labute approximate surface area is 129 Å². The fourth-order valence-corrected chi connectivity index (χ4v) is 2.18. The van der Waals surface area contributed by atoms with Gasteiger partial charge in [0.2, 0.25) is 0 Å². The third-order valence-electron chi connectivity index (χ3n) is 3.22.